The van der Waals surface area contributed by atoms with Crippen LogP contribution in [-0.4, -0.2) is 11.7 Å². The molecule has 24 heavy (non-hydrogen) atoms. The van der Waals surface area contributed by atoms with Crippen LogP contribution in [0.4, 0.5) is 0 Å². The summed E-state index contributed by atoms with van der Waals surface area (Å²) in [6.45, 7) is 2.07. The highest BCUT2D eigenvalue weighted by Crippen LogP contribution is 2.24. The Kier molecular flexibility index (Phi) is 5.03. The molecule has 0 radical (unpaired) electrons. The fourth-order valence-corrected chi connectivity index (χ4v) is 2.83. The second-order valence-corrected chi connectivity index (χ2v) is 6.52. The van der Waals surface area contributed by atoms with Crippen molar-refractivity contribution < 1.29 is 4.79 Å². The van der Waals surface area contributed by atoms with E-state index in [1.165, 1.54) is 11.1 Å². The number of nitrogens with one attached hydrogen (secondary N) is 1. The average Bonchev–Trinajstić information content (AvgIpc) is 2.89. The summed E-state index contributed by atoms with van der Waals surface area (Å²) in [7, 11) is 0. The van der Waals surface area contributed by atoms with Crippen molar-refractivity contribution in [3.05, 3.63) is 74.9 Å². The number of carbonyl (C=O) groups is 1. The van der Waals surface area contributed by atoms with Crippen molar-refractivity contribution in [3.63, 3.8) is 0 Å². The van der Waals surface area contributed by atoms with Gasteiger partial charge in [0.1, 0.15) is 11.5 Å². The molecule has 0 atom stereocenters. The molecule has 0 aromatic heterocycles. The van der Waals surface area contributed by atoms with E-state index < -0.39 is 0 Å². The van der Waals surface area contributed by atoms with E-state index in [2.05, 4.69) is 35.4 Å². The third-order valence-electron chi connectivity index (χ3n) is 3.73. The second kappa shape index (κ2) is 7.20. The maximum atomic E-state index is 12.1. The van der Waals surface area contributed by atoms with Crippen LogP contribution in [0.1, 0.15) is 23.1 Å². The summed E-state index contributed by atoms with van der Waals surface area (Å²) in [5, 5.41) is 3.75. The molecule has 5 heteroatoms. The Morgan fingerprint density at radius 3 is 2.67 bits per heavy atom. The molecule has 1 heterocycles. The van der Waals surface area contributed by atoms with E-state index in [0.717, 1.165) is 12.0 Å². The molecule has 1 aliphatic heterocycles. The summed E-state index contributed by atoms with van der Waals surface area (Å²) >= 11 is 11.9. The van der Waals surface area contributed by atoms with Gasteiger partial charge in [0, 0.05) is 6.42 Å². The van der Waals surface area contributed by atoms with E-state index in [9.17, 15) is 4.79 Å². The molecule has 0 saturated carbocycles. The Morgan fingerprint density at radius 2 is 1.92 bits per heavy atom. The molecular formula is C19H16Cl2N2O. The van der Waals surface area contributed by atoms with Gasteiger partial charge in [-0.05, 0) is 42.7 Å². The van der Waals surface area contributed by atoms with Gasteiger partial charge in [-0.1, -0.05) is 59.1 Å². The number of amides is 1. The lowest BCUT2D eigenvalue weighted by molar-refractivity contribution is -0.115. The van der Waals surface area contributed by atoms with Crippen LogP contribution in [-0.2, 0) is 11.2 Å². The zero-order valence-electron chi connectivity index (χ0n) is 13.1. The molecule has 0 bridgehead atoms. The van der Waals surface area contributed by atoms with E-state index in [4.69, 9.17) is 23.2 Å². The van der Waals surface area contributed by atoms with Crippen LogP contribution >= 0.6 is 23.2 Å². The van der Waals surface area contributed by atoms with Gasteiger partial charge in [-0.25, -0.2) is 4.99 Å². The van der Waals surface area contributed by atoms with E-state index in [1.807, 2.05) is 6.07 Å². The number of aliphatic imine (C=N–C) groups is 1. The summed E-state index contributed by atoms with van der Waals surface area (Å²) < 4.78 is 0. The first-order valence-electron chi connectivity index (χ1n) is 7.62. The lowest BCUT2D eigenvalue weighted by atomic mass is 10.1. The minimum atomic E-state index is -0.194. The largest absolute Gasteiger partial charge is 0.309 e. The fourth-order valence-electron chi connectivity index (χ4n) is 2.53. The van der Waals surface area contributed by atoms with E-state index >= 15 is 0 Å². The lowest BCUT2D eigenvalue weighted by Crippen LogP contribution is -2.24. The normalized spacial score (nSPS) is 15.5. The van der Waals surface area contributed by atoms with Gasteiger partial charge in [-0.2, -0.15) is 0 Å². The minimum absolute atomic E-state index is 0.194. The van der Waals surface area contributed by atoms with Crippen molar-refractivity contribution in [2.45, 2.75) is 19.8 Å². The Bertz CT molecular complexity index is 856. The van der Waals surface area contributed by atoms with Gasteiger partial charge in [0.25, 0.3) is 5.91 Å². The molecule has 0 unspecified atom stereocenters. The molecule has 3 rings (SSSR count). The third-order valence-corrected chi connectivity index (χ3v) is 4.46. The molecule has 2 aromatic rings. The summed E-state index contributed by atoms with van der Waals surface area (Å²) in [5.41, 5.74) is 3.63. The maximum Gasteiger partial charge on any atom is 0.275 e. The van der Waals surface area contributed by atoms with Crippen LogP contribution in [0.3, 0.4) is 0 Å². The van der Waals surface area contributed by atoms with Crippen LogP contribution in [0, 0.1) is 6.92 Å². The highest BCUT2D eigenvalue weighted by molar-refractivity contribution is 6.42. The first kappa shape index (κ1) is 16.7. The zero-order valence-corrected chi connectivity index (χ0v) is 14.7. The van der Waals surface area contributed by atoms with Gasteiger partial charge in [0.2, 0.25) is 0 Å². The Labute approximate surface area is 151 Å². The number of hydrogen-bond acceptors (Lipinski definition) is 2. The van der Waals surface area contributed by atoms with E-state index in [1.54, 1.807) is 24.3 Å². The molecule has 0 spiro atoms. The molecule has 3 nitrogen and oxygen atoms in total. The van der Waals surface area contributed by atoms with Gasteiger partial charge in [-0.15, -0.1) is 0 Å². The van der Waals surface area contributed by atoms with Crippen molar-refractivity contribution >= 4 is 41.0 Å². The van der Waals surface area contributed by atoms with Gasteiger partial charge in [0.15, 0.2) is 0 Å². The fraction of sp³-hybridized carbons (Fsp3) is 0.158. The average molecular weight is 359 g/mol. The second-order valence-electron chi connectivity index (χ2n) is 5.70. The van der Waals surface area contributed by atoms with Crippen LogP contribution in [0.5, 0.6) is 0 Å². The zero-order chi connectivity index (χ0) is 17.1. The van der Waals surface area contributed by atoms with Crippen molar-refractivity contribution in [2.75, 3.05) is 0 Å². The summed E-state index contributed by atoms with van der Waals surface area (Å²) in [6, 6.07) is 13.5. The summed E-state index contributed by atoms with van der Waals surface area (Å²) in [6.07, 6.45) is 3.23. The Morgan fingerprint density at radius 1 is 1.08 bits per heavy atom. The number of nitrogens with zero attached hydrogens (tertiary/aromatic N) is 1. The number of amidine groups is 1. The number of benzene rings is 2. The lowest BCUT2D eigenvalue weighted by Gasteiger charge is -2.02. The molecular weight excluding hydrogens is 343 g/mol. The number of halogens is 2. The minimum Gasteiger partial charge on any atom is -0.309 e. The highest BCUT2D eigenvalue weighted by Gasteiger charge is 2.19. The van der Waals surface area contributed by atoms with Crippen LogP contribution in [0.25, 0.3) is 6.08 Å². The molecule has 1 N–H and O–H groups in total. The van der Waals surface area contributed by atoms with Gasteiger partial charge in [-0.3, -0.25) is 4.79 Å². The monoisotopic (exact) mass is 358 g/mol. The molecule has 1 aliphatic rings. The van der Waals surface area contributed by atoms with E-state index in [0.29, 0.717) is 28.0 Å². The SMILES string of the molecule is Cc1cccc(CCC2=N/C(=C/c3ccc(Cl)c(Cl)c3)C(=O)N2)c1. The first-order valence-corrected chi connectivity index (χ1v) is 8.38. The summed E-state index contributed by atoms with van der Waals surface area (Å²) in [5.74, 6) is 0.494. The van der Waals surface area contributed by atoms with Crippen molar-refractivity contribution in [2.24, 2.45) is 4.99 Å². The topological polar surface area (TPSA) is 41.5 Å². The van der Waals surface area contributed by atoms with Gasteiger partial charge < -0.3 is 5.32 Å². The van der Waals surface area contributed by atoms with Crippen LogP contribution in [0.15, 0.2) is 53.2 Å². The summed E-state index contributed by atoms with van der Waals surface area (Å²) in [4.78, 5) is 16.4. The number of aryl methyl sites for hydroxylation is 2. The smallest absolute Gasteiger partial charge is 0.275 e. The standard InChI is InChI=1S/C19H16Cl2N2O/c1-12-3-2-4-13(9-12)6-8-18-22-17(19(24)23-18)11-14-5-7-15(20)16(21)10-14/h2-5,7,9-11H,6,8H2,1H3,(H,22,23,24)/b17-11+. The molecule has 0 fully saturated rings. The molecule has 2 aromatic carbocycles. The predicted molar refractivity (Wildman–Crippen MR) is 99.5 cm³/mol. The molecule has 0 saturated heterocycles. The molecule has 122 valence electrons. The van der Waals surface area contributed by atoms with E-state index in [-0.39, 0.29) is 5.91 Å². The van der Waals surface area contributed by atoms with Crippen molar-refractivity contribution in [1.29, 1.82) is 0 Å². The third kappa shape index (κ3) is 4.05. The maximum absolute atomic E-state index is 12.1. The number of hydrogen-bond donors (Lipinski definition) is 1. The van der Waals surface area contributed by atoms with Crippen LogP contribution in [0.2, 0.25) is 10.0 Å². The predicted octanol–water partition coefficient (Wildman–Crippen LogP) is 4.80. The highest BCUT2D eigenvalue weighted by atomic mass is 35.5. The molecule has 0 aliphatic carbocycles. The Hall–Kier alpha value is -2.10. The van der Waals surface area contributed by atoms with Crippen LogP contribution < -0.4 is 5.32 Å². The first-order chi connectivity index (χ1) is 11.5. The van der Waals surface area contributed by atoms with Gasteiger partial charge >= 0.3 is 0 Å². The van der Waals surface area contributed by atoms with Gasteiger partial charge in [0.05, 0.1) is 10.0 Å². The number of carbonyl (C=O) groups excluding carboxylic acids is 1. The Balaban J connectivity index is 1.72. The number of rotatable bonds is 4. The molecule has 1 amide bonds. The van der Waals surface area contributed by atoms with Crippen molar-refractivity contribution in [1.82, 2.24) is 5.32 Å². The quantitative estimate of drug-likeness (QED) is 0.783. The van der Waals surface area contributed by atoms with Crippen molar-refractivity contribution in [3.8, 4) is 0 Å².